The summed E-state index contributed by atoms with van der Waals surface area (Å²) in [5.74, 6) is 0.804. The van der Waals surface area contributed by atoms with E-state index in [1.54, 1.807) is 0 Å². The van der Waals surface area contributed by atoms with Crippen LogP contribution in [0.25, 0.3) is 0 Å². The number of amides is 1. The highest BCUT2D eigenvalue weighted by Crippen LogP contribution is 2.21. The minimum absolute atomic E-state index is 0.00309. The first-order chi connectivity index (χ1) is 12.0. The average molecular weight is 340 g/mol. The summed E-state index contributed by atoms with van der Waals surface area (Å²) >= 11 is 0. The van der Waals surface area contributed by atoms with Gasteiger partial charge in [-0.1, -0.05) is 25.1 Å². The van der Waals surface area contributed by atoms with Gasteiger partial charge in [0.05, 0.1) is 6.10 Å². The highest BCUT2D eigenvalue weighted by molar-refractivity contribution is 5.91. The smallest absolute Gasteiger partial charge is 0.226 e. The number of benzene rings is 2. The SMILES string of the molecule is CCc1cccc(C)c1NCCC(=O)Nc1ccc(OC(C)C)cc1. The van der Waals surface area contributed by atoms with E-state index in [9.17, 15) is 4.79 Å². The van der Waals surface area contributed by atoms with Crippen molar-refractivity contribution < 1.29 is 9.53 Å². The molecule has 0 unspecified atom stereocenters. The molecule has 0 fully saturated rings. The maximum atomic E-state index is 12.1. The van der Waals surface area contributed by atoms with Crippen LogP contribution in [0.2, 0.25) is 0 Å². The predicted molar refractivity (Wildman–Crippen MR) is 104 cm³/mol. The van der Waals surface area contributed by atoms with E-state index >= 15 is 0 Å². The van der Waals surface area contributed by atoms with Gasteiger partial charge in [-0.05, 0) is 62.6 Å². The fourth-order valence-electron chi connectivity index (χ4n) is 2.69. The van der Waals surface area contributed by atoms with Crippen LogP contribution in [0.3, 0.4) is 0 Å². The summed E-state index contributed by atoms with van der Waals surface area (Å²) in [6, 6.07) is 13.7. The maximum Gasteiger partial charge on any atom is 0.226 e. The molecular formula is C21H28N2O2. The Morgan fingerprint density at radius 1 is 1.12 bits per heavy atom. The Morgan fingerprint density at radius 2 is 1.84 bits per heavy atom. The lowest BCUT2D eigenvalue weighted by atomic mass is 10.1. The van der Waals surface area contributed by atoms with E-state index in [0.717, 1.165) is 23.5 Å². The number of nitrogens with one attached hydrogen (secondary N) is 2. The number of aryl methyl sites for hydroxylation is 2. The number of hydrogen-bond acceptors (Lipinski definition) is 3. The maximum absolute atomic E-state index is 12.1. The van der Waals surface area contributed by atoms with Crippen LogP contribution in [-0.4, -0.2) is 18.6 Å². The standard InChI is InChI=1S/C21H28N2O2/c1-5-17-8-6-7-16(4)21(17)22-14-13-20(24)23-18-9-11-19(12-10-18)25-15(2)3/h6-12,15,22H,5,13-14H2,1-4H3,(H,23,24). The van der Waals surface area contributed by atoms with Gasteiger partial charge in [0.15, 0.2) is 0 Å². The molecular weight excluding hydrogens is 312 g/mol. The van der Waals surface area contributed by atoms with Crippen molar-refractivity contribution in [3.05, 3.63) is 53.6 Å². The van der Waals surface area contributed by atoms with Gasteiger partial charge in [0.1, 0.15) is 5.75 Å². The normalized spacial score (nSPS) is 10.6. The van der Waals surface area contributed by atoms with Gasteiger partial charge in [-0.15, -0.1) is 0 Å². The first-order valence-corrected chi connectivity index (χ1v) is 8.88. The Kier molecular flexibility index (Phi) is 6.87. The third kappa shape index (κ3) is 5.82. The first kappa shape index (κ1) is 18.8. The van der Waals surface area contributed by atoms with Crippen molar-refractivity contribution in [3.8, 4) is 5.75 Å². The van der Waals surface area contributed by atoms with Crippen molar-refractivity contribution in [2.45, 2.75) is 46.6 Å². The van der Waals surface area contributed by atoms with Gasteiger partial charge >= 0.3 is 0 Å². The molecule has 0 heterocycles. The topological polar surface area (TPSA) is 50.4 Å². The molecule has 0 radical (unpaired) electrons. The molecule has 134 valence electrons. The van der Waals surface area contributed by atoms with Gasteiger partial charge in [-0.25, -0.2) is 0 Å². The lowest BCUT2D eigenvalue weighted by Crippen LogP contribution is -2.17. The highest BCUT2D eigenvalue weighted by atomic mass is 16.5. The van der Waals surface area contributed by atoms with E-state index in [1.165, 1.54) is 11.1 Å². The molecule has 2 N–H and O–H groups in total. The molecule has 0 bridgehead atoms. The van der Waals surface area contributed by atoms with Gasteiger partial charge in [0.25, 0.3) is 0 Å². The first-order valence-electron chi connectivity index (χ1n) is 8.88. The van der Waals surface area contributed by atoms with E-state index in [4.69, 9.17) is 4.74 Å². The molecule has 1 amide bonds. The molecule has 0 aliphatic heterocycles. The van der Waals surface area contributed by atoms with Gasteiger partial charge in [-0.3, -0.25) is 4.79 Å². The summed E-state index contributed by atoms with van der Waals surface area (Å²) < 4.78 is 5.60. The predicted octanol–water partition coefficient (Wildman–Crippen LogP) is 4.79. The van der Waals surface area contributed by atoms with Crippen LogP contribution in [0.15, 0.2) is 42.5 Å². The van der Waals surface area contributed by atoms with Gasteiger partial charge in [-0.2, -0.15) is 0 Å². The minimum atomic E-state index is -0.00309. The van der Waals surface area contributed by atoms with Gasteiger partial charge in [0.2, 0.25) is 5.91 Å². The number of ether oxygens (including phenoxy) is 1. The van der Waals surface area contributed by atoms with Gasteiger partial charge < -0.3 is 15.4 Å². The molecule has 2 rings (SSSR count). The minimum Gasteiger partial charge on any atom is -0.491 e. The molecule has 0 spiro atoms. The van der Waals surface area contributed by atoms with E-state index in [0.29, 0.717) is 13.0 Å². The molecule has 4 nitrogen and oxygen atoms in total. The number of carbonyl (C=O) groups excluding carboxylic acids is 1. The summed E-state index contributed by atoms with van der Waals surface area (Å²) in [5, 5.41) is 6.32. The average Bonchev–Trinajstić information content (AvgIpc) is 2.57. The number of rotatable bonds is 8. The van der Waals surface area contributed by atoms with Crippen LogP contribution in [0.4, 0.5) is 11.4 Å². The molecule has 0 aliphatic carbocycles. The highest BCUT2D eigenvalue weighted by Gasteiger charge is 2.06. The second-order valence-corrected chi connectivity index (χ2v) is 6.38. The number of anilines is 2. The summed E-state index contributed by atoms with van der Waals surface area (Å²) in [7, 11) is 0. The van der Waals surface area contributed by atoms with Gasteiger partial charge in [0, 0.05) is 24.3 Å². The van der Waals surface area contributed by atoms with Crippen LogP contribution >= 0.6 is 0 Å². The fourth-order valence-corrected chi connectivity index (χ4v) is 2.69. The molecule has 0 aliphatic rings. The lowest BCUT2D eigenvalue weighted by Gasteiger charge is -2.14. The fraction of sp³-hybridized carbons (Fsp3) is 0.381. The molecule has 0 saturated carbocycles. The van der Waals surface area contributed by atoms with E-state index < -0.39 is 0 Å². The number of hydrogen-bond donors (Lipinski definition) is 2. The summed E-state index contributed by atoms with van der Waals surface area (Å²) in [6.45, 7) is 8.81. The number of para-hydroxylation sites is 1. The molecule has 2 aromatic rings. The van der Waals surface area contributed by atoms with Crippen molar-refractivity contribution in [1.82, 2.24) is 0 Å². The summed E-state index contributed by atoms with van der Waals surface area (Å²) in [4.78, 5) is 12.1. The Labute approximate surface area is 150 Å². The molecule has 2 aromatic carbocycles. The van der Waals surface area contributed by atoms with Crippen LogP contribution < -0.4 is 15.4 Å². The molecule has 0 aromatic heterocycles. The number of carbonyl (C=O) groups is 1. The van der Waals surface area contributed by atoms with E-state index in [1.807, 2.05) is 38.1 Å². The summed E-state index contributed by atoms with van der Waals surface area (Å²) in [5.41, 5.74) is 4.42. The second-order valence-electron chi connectivity index (χ2n) is 6.38. The third-order valence-electron chi connectivity index (χ3n) is 3.90. The zero-order valence-electron chi connectivity index (χ0n) is 15.6. The largest absolute Gasteiger partial charge is 0.491 e. The van der Waals surface area contributed by atoms with Crippen molar-refractivity contribution in [2.75, 3.05) is 17.2 Å². The second kappa shape index (κ2) is 9.11. The monoisotopic (exact) mass is 340 g/mol. The van der Waals surface area contributed by atoms with Crippen LogP contribution in [-0.2, 0) is 11.2 Å². The van der Waals surface area contributed by atoms with Crippen LogP contribution in [0.1, 0.15) is 38.3 Å². The van der Waals surface area contributed by atoms with E-state index in [-0.39, 0.29) is 12.0 Å². The molecule has 0 saturated heterocycles. The molecule has 0 atom stereocenters. The quantitative estimate of drug-likeness (QED) is 0.727. The Bertz CT molecular complexity index is 694. The van der Waals surface area contributed by atoms with Crippen molar-refractivity contribution >= 4 is 17.3 Å². The van der Waals surface area contributed by atoms with Crippen molar-refractivity contribution in [3.63, 3.8) is 0 Å². The Morgan fingerprint density at radius 3 is 2.48 bits per heavy atom. The zero-order chi connectivity index (χ0) is 18.2. The van der Waals surface area contributed by atoms with E-state index in [2.05, 4.69) is 42.7 Å². The Balaban J connectivity index is 1.83. The third-order valence-corrected chi connectivity index (χ3v) is 3.90. The van der Waals surface area contributed by atoms with Crippen molar-refractivity contribution in [1.29, 1.82) is 0 Å². The van der Waals surface area contributed by atoms with Crippen LogP contribution in [0, 0.1) is 6.92 Å². The molecule has 25 heavy (non-hydrogen) atoms. The zero-order valence-corrected chi connectivity index (χ0v) is 15.6. The lowest BCUT2D eigenvalue weighted by molar-refractivity contribution is -0.115. The molecule has 4 heteroatoms. The summed E-state index contributed by atoms with van der Waals surface area (Å²) in [6.07, 6.45) is 1.53. The van der Waals surface area contributed by atoms with Crippen molar-refractivity contribution in [2.24, 2.45) is 0 Å². The Hall–Kier alpha value is -2.49. The van der Waals surface area contributed by atoms with Crippen LogP contribution in [0.5, 0.6) is 5.75 Å².